The van der Waals surface area contributed by atoms with E-state index in [1.165, 1.54) is 12.3 Å². The summed E-state index contributed by atoms with van der Waals surface area (Å²) in [4.78, 5) is 21.2. The number of halogens is 4. The average molecular weight is 445 g/mol. The van der Waals surface area contributed by atoms with Crippen LogP contribution in [0.5, 0.6) is 5.75 Å². The van der Waals surface area contributed by atoms with Crippen LogP contribution in [-0.4, -0.2) is 22.5 Å². The van der Waals surface area contributed by atoms with Crippen LogP contribution in [0, 0.1) is 43.0 Å². The molecule has 9 heteroatoms. The van der Waals surface area contributed by atoms with E-state index in [2.05, 4.69) is 15.3 Å². The summed E-state index contributed by atoms with van der Waals surface area (Å²) in [6.45, 7) is 3.41. The minimum absolute atomic E-state index is 0.0565. The van der Waals surface area contributed by atoms with Crippen molar-refractivity contribution in [2.45, 2.75) is 25.7 Å². The number of amides is 1. The van der Waals surface area contributed by atoms with Crippen molar-refractivity contribution in [2.75, 3.05) is 11.9 Å². The van der Waals surface area contributed by atoms with Gasteiger partial charge in [-0.2, -0.15) is 0 Å². The number of hydrogen-bond acceptors (Lipinski definition) is 4. The van der Waals surface area contributed by atoms with Crippen molar-refractivity contribution in [2.24, 2.45) is 5.92 Å². The van der Waals surface area contributed by atoms with E-state index in [4.69, 9.17) is 4.74 Å². The Balaban J connectivity index is 1.60. The highest BCUT2D eigenvalue weighted by Crippen LogP contribution is 2.55. The van der Waals surface area contributed by atoms with Gasteiger partial charge < -0.3 is 10.1 Å². The lowest BCUT2D eigenvalue weighted by Gasteiger charge is -2.20. The van der Waals surface area contributed by atoms with Gasteiger partial charge in [-0.15, -0.1) is 0 Å². The lowest BCUT2D eigenvalue weighted by molar-refractivity contribution is -0.117. The first-order valence-corrected chi connectivity index (χ1v) is 9.83. The topological polar surface area (TPSA) is 64.1 Å². The van der Waals surface area contributed by atoms with E-state index < -0.39 is 40.5 Å². The molecule has 1 N–H and O–H groups in total. The summed E-state index contributed by atoms with van der Waals surface area (Å²) in [5.41, 5.74) is -0.0837. The highest BCUT2D eigenvalue weighted by molar-refractivity contribution is 5.96. The number of nitrogens with one attached hydrogen (secondary N) is 1. The maximum absolute atomic E-state index is 13.9. The van der Waals surface area contributed by atoms with Gasteiger partial charge in [0.05, 0.1) is 24.4 Å². The molecule has 0 saturated heterocycles. The lowest BCUT2D eigenvalue weighted by atomic mass is 9.93. The molecule has 0 radical (unpaired) electrons. The molecule has 5 nitrogen and oxygen atoms in total. The van der Waals surface area contributed by atoms with Crippen molar-refractivity contribution >= 4 is 11.6 Å². The Labute approximate surface area is 181 Å². The number of aromatic nitrogens is 2. The standard InChI is InChI=1S/C23H19F4N3O2/c1-12-21(10-28-13(2)29-12)32-11-23(14-5-15(24)7-16(25)6-14)9-18(23)22(31)30-17-3-4-19(26)20(27)8-17/h3-8,10,18H,9,11H2,1-2H3,(H,30,31). The summed E-state index contributed by atoms with van der Waals surface area (Å²) in [6, 6.07) is 6.06. The monoisotopic (exact) mass is 445 g/mol. The molecular weight excluding hydrogens is 426 g/mol. The Kier molecular flexibility index (Phi) is 5.58. The first-order chi connectivity index (χ1) is 15.2. The number of aryl methyl sites for hydroxylation is 2. The molecule has 3 aromatic rings. The SMILES string of the molecule is Cc1ncc(OCC2(c3cc(F)cc(F)c3)CC2C(=O)Nc2ccc(F)c(F)c2)c(C)n1. The Morgan fingerprint density at radius 2 is 1.81 bits per heavy atom. The van der Waals surface area contributed by atoms with Gasteiger partial charge in [-0.05, 0) is 50.1 Å². The first-order valence-electron chi connectivity index (χ1n) is 9.83. The van der Waals surface area contributed by atoms with Crippen LogP contribution in [0.1, 0.15) is 23.5 Å². The Hall–Kier alpha value is -3.49. The van der Waals surface area contributed by atoms with E-state index in [0.29, 0.717) is 17.3 Å². The summed E-state index contributed by atoms with van der Waals surface area (Å²) in [6.07, 6.45) is 1.74. The van der Waals surface area contributed by atoms with Crippen molar-refractivity contribution < 1.29 is 27.1 Å². The van der Waals surface area contributed by atoms with Gasteiger partial charge in [0.2, 0.25) is 5.91 Å². The molecule has 166 valence electrons. The fraction of sp³-hybridized carbons (Fsp3) is 0.261. The van der Waals surface area contributed by atoms with E-state index >= 15 is 0 Å². The molecule has 0 aliphatic heterocycles. The Morgan fingerprint density at radius 1 is 1.09 bits per heavy atom. The predicted octanol–water partition coefficient (Wildman–Crippen LogP) is 4.63. The van der Waals surface area contributed by atoms with E-state index in [1.54, 1.807) is 13.8 Å². The van der Waals surface area contributed by atoms with Gasteiger partial charge in [0.1, 0.15) is 17.5 Å². The number of carbonyl (C=O) groups is 1. The van der Waals surface area contributed by atoms with Crippen LogP contribution >= 0.6 is 0 Å². The zero-order chi connectivity index (χ0) is 23.0. The third-order valence-electron chi connectivity index (χ3n) is 5.56. The van der Waals surface area contributed by atoms with Gasteiger partial charge in [-0.3, -0.25) is 4.79 Å². The first kappa shape index (κ1) is 21.7. The number of hydrogen-bond donors (Lipinski definition) is 1. The Morgan fingerprint density at radius 3 is 2.47 bits per heavy atom. The maximum atomic E-state index is 13.9. The third-order valence-corrected chi connectivity index (χ3v) is 5.56. The van der Waals surface area contributed by atoms with Crippen molar-refractivity contribution in [3.8, 4) is 5.75 Å². The molecule has 2 aromatic carbocycles. The zero-order valence-corrected chi connectivity index (χ0v) is 17.3. The maximum Gasteiger partial charge on any atom is 0.228 e. The van der Waals surface area contributed by atoms with Crippen LogP contribution in [0.4, 0.5) is 23.2 Å². The molecule has 1 saturated carbocycles. The van der Waals surface area contributed by atoms with Gasteiger partial charge in [0, 0.05) is 23.2 Å². The molecule has 2 unspecified atom stereocenters. The number of rotatable bonds is 6. The molecule has 0 spiro atoms. The molecule has 1 aliphatic rings. The zero-order valence-electron chi connectivity index (χ0n) is 17.3. The highest BCUT2D eigenvalue weighted by Gasteiger charge is 2.60. The fourth-order valence-electron chi connectivity index (χ4n) is 3.78. The minimum Gasteiger partial charge on any atom is -0.489 e. The third kappa shape index (κ3) is 4.28. The molecule has 0 bridgehead atoms. The number of anilines is 1. The van der Waals surface area contributed by atoms with E-state index in [-0.39, 0.29) is 24.3 Å². The summed E-state index contributed by atoms with van der Waals surface area (Å²) in [5.74, 6) is -3.95. The largest absolute Gasteiger partial charge is 0.489 e. The van der Waals surface area contributed by atoms with Crippen LogP contribution < -0.4 is 10.1 Å². The number of nitrogens with zero attached hydrogens (tertiary/aromatic N) is 2. The highest BCUT2D eigenvalue weighted by atomic mass is 19.2. The van der Waals surface area contributed by atoms with Crippen LogP contribution in [0.15, 0.2) is 42.6 Å². The summed E-state index contributed by atoms with van der Waals surface area (Å²) < 4.78 is 60.4. The molecular formula is C23H19F4N3O2. The molecule has 1 amide bonds. The van der Waals surface area contributed by atoms with Gasteiger partial charge >= 0.3 is 0 Å². The molecule has 1 heterocycles. The molecule has 1 aromatic heterocycles. The van der Waals surface area contributed by atoms with Gasteiger partial charge in [0.15, 0.2) is 17.4 Å². The second-order valence-corrected chi connectivity index (χ2v) is 7.84. The lowest BCUT2D eigenvalue weighted by Crippen LogP contribution is -2.27. The van der Waals surface area contributed by atoms with Crippen molar-refractivity contribution in [1.29, 1.82) is 0 Å². The molecule has 1 fully saturated rings. The molecule has 1 aliphatic carbocycles. The second-order valence-electron chi connectivity index (χ2n) is 7.84. The molecule has 2 atom stereocenters. The normalized spacial score (nSPS) is 19.5. The predicted molar refractivity (Wildman–Crippen MR) is 108 cm³/mol. The summed E-state index contributed by atoms with van der Waals surface area (Å²) in [7, 11) is 0. The average Bonchev–Trinajstić information content (AvgIpc) is 3.46. The number of ether oxygens (including phenoxy) is 1. The molecule has 32 heavy (non-hydrogen) atoms. The smallest absolute Gasteiger partial charge is 0.228 e. The van der Waals surface area contributed by atoms with E-state index in [1.807, 2.05) is 0 Å². The van der Waals surface area contributed by atoms with Crippen LogP contribution in [-0.2, 0) is 10.2 Å². The van der Waals surface area contributed by atoms with Crippen molar-refractivity contribution in [3.05, 3.63) is 82.9 Å². The minimum atomic E-state index is -1.10. The van der Waals surface area contributed by atoms with Crippen molar-refractivity contribution in [3.63, 3.8) is 0 Å². The van der Waals surface area contributed by atoms with Gasteiger partial charge in [-0.25, -0.2) is 27.5 Å². The Bertz CT molecular complexity index is 1180. The van der Waals surface area contributed by atoms with Crippen molar-refractivity contribution in [1.82, 2.24) is 9.97 Å². The second kappa shape index (κ2) is 8.22. The van der Waals surface area contributed by atoms with Crippen LogP contribution in [0.25, 0.3) is 0 Å². The molecule has 4 rings (SSSR count). The number of carbonyl (C=O) groups excluding carboxylic acids is 1. The quantitative estimate of drug-likeness (QED) is 0.563. The van der Waals surface area contributed by atoms with Crippen LogP contribution in [0.2, 0.25) is 0 Å². The summed E-state index contributed by atoms with van der Waals surface area (Å²) in [5, 5.41) is 2.53. The van der Waals surface area contributed by atoms with E-state index in [0.717, 1.165) is 30.3 Å². The number of benzene rings is 2. The van der Waals surface area contributed by atoms with Crippen LogP contribution in [0.3, 0.4) is 0 Å². The van der Waals surface area contributed by atoms with E-state index in [9.17, 15) is 22.4 Å². The van der Waals surface area contributed by atoms with Gasteiger partial charge in [-0.1, -0.05) is 0 Å². The summed E-state index contributed by atoms with van der Waals surface area (Å²) >= 11 is 0. The fourth-order valence-corrected chi connectivity index (χ4v) is 3.78. The van der Waals surface area contributed by atoms with Gasteiger partial charge in [0.25, 0.3) is 0 Å².